The van der Waals surface area contributed by atoms with Crippen molar-refractivity contribution < 1.29 is 9.84 Å². The van der Waals surface area contributed by atoms with Gasteiger partial charge in [-0.3, -0.25) is 4.90 Å². The number of likely N-dealkylation sites (tertiary alicyclic amines) is 1. The molecule has 0 amide bonds. The van der Waals surface area contributed by atoms with Crippen LogP contribution in [0.25, 0.3) is 0 Å². The van der Waals surface area contributed by atoms with Gasteiger partial charge in [0.05, 0.1) is 7.11 Å². The summed E-state index contributed by atoms with van der Waals surface area (Å²) < 4.78 is 5.25. The third-order valence-electron chi connectivity index (χ3n) is 4.55. The molecule has 20 heavy (non-hydrogen) atoms. The molecule has 1 aromatic carbocycles. The molecule has 2 atom stereocenters. The molecule has 1 saturated heterocycles. The van der Waals surface area contributed by atoms with Crippen LogP contribution in [-0.4, -0.2) is 36.2 Å². The van der Waals surface area contributed by atoms with Gasteiger partial charge in [0.25, 0.3) is 0 Å². The summed E-state index contributed by atoms with van der Waals surface area (Å²) in [5.41, 5.74) is 6.92. The van der Waals surface area contributed by atoms with Gasteiger partial charge in [0, 0.05) is 17.6 Å². The molecule has 4 heteroatoms. The smallest absolute Gasteiger partial charge is 0.120 e. The number of hydrogen-bond acceptors (Lipinski definition) is 4. The highest BCUT2D eigenvalue weighted by Gasteiger charge is 2.26. The van der Waals surface area contributed by atoms with Gasteiger partial charge in [-0.25, -0.2) is 0 Å². The SMILES string of the molecule is COc1ccc(O)c(C(C)N2CCC(C(C)N)CC2)c1. The molecule has 1 aliphatic heterocycles. The molecule has 0 spiro atoms. The molecule has 1 heterocycles. The minimum atomic E-state index is 0.194. The number of hydrogen-bond donors (Lipinski definition) is 2. The first-order valence-electron chi connectivity index (χ1n) is 7.39. The number of rotatable bonds is 4. The molecule has 112 valence electrons. The number of nitrogens with zero attached hydrogens (tertiary/aromatic N) is 1. The van der Waals surface area contributed by atoms with Gasteiger partial charge in [0.1, 0.15) is 11.5 Å². The van der Waals surface area contributed by atoms with E-state index < -0.39 is 0 Å². The number of phenols is 1. The second kappa shape index (κ2) is 6.46. The molecule has 1 aromatic rings. The zero-order valence-corrected chi connectivity index (χ0v) is 12.7. The van der Waals surface area contributed by atoms with Crippen molar-refractivity contribution in [2.24, 2.45) is 11.7 Å². The molecule has 3 N–H and O–H groups in total. The largest absolute Gasteiger partial charge is 0.508 e. The number of ether oxygens (including phenoxy) is 1. The first-order valence-corrected chi connectivity index (χ1v) is 7.39. The minimum absolute atomic E-state index is 0.194. The summed E-state index contributed by atoms with van der Waals surface area (Å²) >= 11 is 0. The fourth-order valence-corrected chi connectivity index (χ4v) is 3.02. The van der Waals surface area contributed by atoms with E-state index in [1.807, 2.05) is 6.07 Å². The van der Waals surface area contributed by atoms with Crippen LogP contribution in [0.15, 0.2) is 18.2 Å². The molecular formula is C16H26N2O2. The standard InChI is InChI=1S/C16H26N2O2/c1-11(17)13-6-8-18(9-7-13)12(2)15-10-14(20-3)4-5-16(15)19/h4-5,10-13,19H,6-9,17H2,1-3H3. The number of methoxy groups -OCH3 is 1. The maximum absolute atomic E-state index is 10.1. The molecule has 0 aliphatic carbocycles. The van der Waals surface area contributed by atoms with Crippen molar-refractivity contribution in [2.75, 3.05) is 20.2 Å². The third kappa shape index (κ3) is 3.25. The molecule has 1 fully saturated rings. The van der Waals surface area contributed by atoms with Gasteiger partial charge in [-0.05, 0) is 63.9 Å². The Morgan fingerprint density at radius 3 is 2.50 bits per heavy atom. The van der Waals surface area contributed by atoms with Gasteiger partial charge < -0.3 is 15.6 Å². The lowest BCUT2D eigenvalue weighted by molar-refractivity contribution is 0.131. The van der Waals surface area contributed by atoms with E-state index in [1.165, 1.54) is 0 Å². The Bertz CT molecular complexity index is 440. The number of aromatic hydroxyl groups is 1. The van der Waals surface area contributed by atoms with Crippen LogP contribution in [0, 0.1) is 5.92 Å². The van der Waals surface area contributed by atoms with Crippen LogP contribution in [0.1, 0.15) is 38.3 Å². The first-order chi connectivity index (χ1) is 9.52. The Kier molecular flexibility index (Phi) is 4.89. The normalized spacial score (nSPS) is 20.6. The highest BCUT2D eigenvalue weighted by Crippen LogP contribution is 2.34. The van der Waals surface area contributed by atoms with E-state index in [1.54, 1.807) is 19.2 Å². The van der Waals surface area contributed by atoms with E-state index in [0.29, 0.717) is 11.7 Å². The number of phenolic OH excluding ortho intramolecular Hbond substituents is 1. The average Bonchev–Trinajstić information content (AvgIpc) is 2.47. The summed E-state index contributed by atoms with van der Waals surface area (Å²) in [6.07, 6.45) is 2.26. The predicted octanol–water partition coefficient (Wildman–Crippen LogP) is 2.52. The van der Waals surface area contributed by atoms with Crippen LogP contribution in [0.2, 0.25) is 0 Å². The summed E-state index contributed by atoms with van der Waals surface area (Å²) in [5.74, 6) is 1.75. The number of nitrogens with two attached hydrogens (primary N) is 1. The maximum Gasteiger partial charge on any atom is 0.120 e. The summed E-state index contributed by atoms with van der Waals surface area (Å²) in [4.78, 5) is 2.41. The molecule has 0 aromatic heterocycles. The monoisotopic (exact) mass is 278 g/mol. The first kappa shape index (κ1) is 15.1. The highest BCUT2D eigenvalue weighted by molar-refractivity contribution is 5.41. The van der Waals surface area contributed by atoms with Gasteiger partial charge in [0.15, 0.2) is 0 Å². The zero-order valence-electron chi connectivity index (χ0n) is 12.7. The van der Waals surface area contributed by atoms with Gasteiger partial charge in [0.2, 0.25) is 0 Å². The van der Waals surface area contributed by atoms with E-state index in [9.17, 15) is 5.11 Å². The predicted molar refractivity (Wildman–Crippen MR) is 81.0 cm³/mol. The summed E-state index contributed by atoms with van der Waals surface area (Å²) in [6, 6.07) is 5.89. The summed E-state index contributed by atoms with van der Waals surface area (Å²) in [5, 5.41) is 10.1. The van der Waals surface area contributed by atoms with Crippen molar-refractivity contribution in [3.63, 3.8) is 0 Å². The van der Waals surface area contributed by atoms with Gasteiger partial charge in [-0.15, -0.1) is 0 Å². The maximum atomic E-state index is 10.1. The summed E-state index contributed by atoms with van der Waals surface area (Å²) in [6.45, 7) is 6.30. The van der Waals surface area contributed by atoms with E-state index >= 15 is 0 Å². The quantitative estimate of drug-likeness (QED) is 0.888. The van der Waals surface area contributed by atoms with Crippen LogP contribution in [0.3, 0.4) is 0 Å². The van der Waals surface area contributed by atoms with Gasteiger partial charge >= 0.3 is 0 Å². The van der Waals surface area contributed by atoms with Gasteiger partial charge in [-0.2, -0.15) is 0 Å². The lowest BCUT2D eigenvalue weighted by Crippen LogP contribution is -2.40. The highest BCUT2D eigenvalue weighted by atomic mass is 16.5. The zero-order chi connectivity index (χ0) is 14.7. The van der Waals surface area contributed by atoms with Crippen LogP contribution >= 0.6 is 0 Å². The number of piperidine rings is 1. The van der Waals surface area contributed by atoms with Crippen LogP contribution < -0.4 is 10.5 Å². The number of benzene rings is 1. The lowest BCUT2D eigenvalue weighted by atomic mass is 9.89. The van der Waals surface area contributed by atoms with Gasteiger partial charge in [-0.1, -0.05) is 0 Å². The van der Waals surface area contributed by atoms with Crippen molar-refractivity contribution in [1.29, 1.82) is 0 Å². The Balaban J connectivity index is 2.07. The van der Waals surface area contributed by atoms with E-state index in [2.05, 4.69) is 18.7 Å². The molecule has 2 rings (SSSR count). The molecule has 0 bridgehead atoms. The van der Waals surface area contributed by atoms with Crippen LogP contribution in [0.4, 0.5) is 0 Å². The fraction of sp³-hybridized carbons (Fsp3) is 0.625. The topological polar surface area (TPSA) is 58.7 Å². The van der Waals surface area contributed by atoms with Crippen LogP contribution in [-0.2, 0) is 0 Å². The van der Waals surface area contributed by atoms with Crippen molar-refractivity contribution >= 4 is 0 Å². The molecule has 2 unspecified atom stereocenters. The Morgan fingerprint density at radius 2 is 1.95 bits per heavy atom. The van der Waals surface area contributed by atoms with Crippen LogP contribution in [0.5, 0.6) is 11.5 Å². The fourth-order valence-electron chi connectivity index (χ4n) is 3.02. The molecule has 0 saturated carbocycles. The summed E-state index contributed by atoms with van der Waals surface area (Å²) in [7, 11) is 1.65. The minimum Gasteiger partial charge on any atom is -0.508 e. The van der Waals surface area contributed by atoms with E-state index in [-0.39, 0.29) is 12.1 Å². The third-order valence-corrected chi connectivity index (χ3v) is 4.55. The second-order valence-electron chi connectivity index (χ2n) is 5.83. The Morgan fingerprint density at radius 1 is 1.30 bits per heavy atom. The van der Waals surface area contributed by atoms with Crippen molar-refractivity contribution in [3.8, 4) is 11.5 Å². The molecular weight excluding hydrogens is 252 g/mol. The van der Waals surface area contributed by atoms with Crippen molar-refractivity contribution in [2.45, 2.75) is 38.8 Å². The van der Waals surface area contributed by atoms with E-state index in [4.69, 9.17) is 10.5 Å². The Labute approximate surface area is 121 Å². The second-order valence-corrected chi connectivity index (χ2v) is 5.83. The molecule has 1 aliphatic rings. The molecule has 0 radical (unpaired) electrons. The van der Waals surface area contributed by atoms with E-state index in [0.717, 1.165) is 37.2 Å². The Hall–Kier alpha value is -1.26. The lowest BCUT2D eigenvalue weighted by Gasteiger charge is -2.37. The van der Waals surface area contributed by atoms with Crippen molar-refractivity contribution in [3.05, 3.63) is 23.8 Å². The molecule has 4 nitrogen and oxygen atoms in total. The van der Waals surface area contributed by atoms with Crippen molar-refractivity contribution in [1.82, 2.24) is 4.90 Å². The average molecular weight is 278 g/mol.